The van der Waals surface area contributed by atoms with E-state index in [9.17, 15) is 8.42 Å². The van der Waals surface area contributed by atoms with Crippen molar-refractivity contribution in [1.29, 1.82) is 0 Å². The molecule has 0 radical (unpaired) electrons. The summed E-state index contributed by atoms with van der Waals surface area (Å²) in [4.78, 5) is 0.0444. The minimum Gasteiger partial charge on any atom is -0.389 e. The van der Waals surface area contributed by atoms with Gasteiger partial charge in [0.1, 0.15) is 9.88 Å². The predicted molar refractivity (Wildman–Crippen MR) is 83.6 cm³/mol. The number of benzene rings is 1. The van der Waals surface area contributed by atoms with Crippen LogP contribution >= 0.6 is 23.8 Å². The first-order valence-electron chi connectivity index (χ1n) is 5.71. The summed E-state index contributed by atoms with van der Waals surface area (Å²) in [7, 11) is -2.31. The van der Waals surface area contributed by atoms with Gasteiger partial charge in [0, 0.05) is 12.7 Å². The lowest BCUT2D eigenvalue weighted by atomic mass is 10.1. The van der Waals surface area contributed by atoms with Crippen LogP contribution in [-0.2, 0) is 14.8 Å². The molecule has 1 rings (SSSR count). The zero-order valence-corrected chi connectivity index (χ0v) is 13.8. The molecule has 0 atom stereocenters. The fraction of sp³-hybridized carbons (Fsp3) is 0.417. The molecule has 3 N–H and O–H groups in total. The number of ether oxygens (including phenoxy) is 1. The third kappa shape index (κ3) is 4.39. The van der Waals surface area contributed by atoms with Crippen LogP contribution in [0.3, 0.4) is 0 Å². The number of halogens is 1. The smallest absolute Gasteiger partial charge is 0.242 e. The SMILES string of the molecule is COCC(C)(C)NS(=O)(=O)c1cc(C(N)=S)ccc1Cl. The Hall–Kier alpha value is -0.730. The fourth-order valence-electron chi connectivity index (χ4n) is 1.67. The zero-order valence-electron chi connectivity index (χ0n) is 11.4. The van der Waals surface area contributed by atoms with Gasteiger partial charge in [0.25, 0.3) is 0 Å². The highest BCUT2D eigenvalue weighted by Crippen LogP contribution is 2.24. The molecule has 8 heteroatoms. The zero-order chi connectivity index (χ0) is 15.6. The van der Waals surface area contributed by atoms with E-state index in [2.05, 4.69) is 4.72 Å². The summed E-state index contributed by atoms with van der Waals surface area (Å²) in [6.45, 7) is 3.64. The molecule has 112 valence electrons. The van der Waals surface area contributed by atoms with Crippen LogP contribution in [0, 0.1) is 0 Å². The second-order valence-electron chi connectivity index (χ2n) is 4.93. The Bertz CT molecular complexity index is 615. The number of thiocarbonyl (C=S) groups is 1. The van der Waals surface area contributed by atoms with Gasteiger partial charge in [-0.1, -0.05) is 29.9 Å². The summed E-state index contributed by atoms with van der Waals surface area (Å²) in [5.41, 5.74) is 5.18. The van der Waals surface area contributed by atoms with Crippen LogP contribution in [-0.4, -0.2) is 32.7 Å². The van der Waals surface area contributed by atoms with E-state index in [1.807, 2.05) is 0 Å². The number of nitrogens with two attached hydrogens (primary N) is 1. The summed E-state index contributed by atoms with van der Waals surface area (Å²) in [6.07, 6.45) is 0. The molecule has 0 saturated heterocycles. The molecule has 0 unspecified atom stereocenters. The van der Waals surface area contributed by atoms with E-state index in [0.717, 1.165) is 0 Å². The molecule has 0 bridgehead atoms. The standard InChI is InChI=1S/C12H17ClN2O3S2/c1-12(2,7-18-3)15-20(16,17)10-6-8(11(14)19)4-5-9(10)13/h4-6,15H,7H2,1-3H3,(H2,14,19). The quantitative estimate of drug-likeness (QED) is 0.772. The third-order valence-corrected chi connectivity index (χ3v) is 4.84. The Morgan fingerprint density at radius 2 is 2.10 bits per heavy atom. The van der Waals surface area contributed by atoms with Crippen LogP contribution in [0.25, 0.3) is 0 Å². The largest absolute Gasteiger partial charge is 0.389 e. The molecule has 0 aromatic heterocycles. The highest BCUT2D eigenvalue weighted by atomic mass is 35.5. The normalized spacial score (nSPS) is 12.4. The van der Waals surface area contributed by atoms with Crippen molar-refractivity contribution in [2.75, 3.05) is 13.7 Å². The van der Waals surface area contributed by atoms with Gasteiger partial charge in [-0.2, -0.15) is 0 Å². The van der Waals surface area contributed by atoms with Gasteiger partial charge in [0.2, 0.25) is 10.0 Å². The van der Waals surface area contributed by atoms with Crippen molar-refractivity contribution >= 4 is 38.8 Å². The molecule has 0 fully saturated rings. The monoisotopic (exact) mass is 336 g/mol. The number of sulfonamides is 1. The maximum Gasteiger partial charge on any atom is 0.242 e. The van der Waals surface area contributed by atoms with Crippen LogP contribution in [0.15, 0.2) is 23.1 Å². The van der Waals surface area contributed by atoms with Crippen molar-refractivity contribution in [1.82, 2.24) is 4.72 Å². The Morgan fingerprint density at radius 3 is 2.60 bits per heavy atom. The fourth-order valence-corrected chi connectivity index (χ4v) is 3.72. The number of methoxy groups -OCH3 is 1. The Kier molecular flexibility index (Phi) is 5.51. The van der Waals surface area contributed by atoms with Crippen LogP contribution < -0.4 is 10.5 Å². The second-order valence-corrected chi connectivity index (χ2v) is 7.43. The average Bonchev–Trinajstić information content (AvgIpc) is 2.26. The molecule has 0 saturated carbocycles. The first-order chi connectivity index (χ1) is 9.09. The van der Waals surface area contributed by atoms with Crippen LogP contribution in [0.2, 0.25) is 5.02 Å². The summed E-state index contributed by atoms with van der Waals surface area (Å²) < 4.78 is 32.3. The summed E-state index contributed by atoms with van der Waals surface area (Å²) in [5.74, 6) is 0. The topological polar surface area (TPSA) is 81.4 Å². The molecule has 0 amide bonds. The van der Waals surface area contributed by atoms with Gasteiger partial charge in [0.15, 0.2) is 0 Å². The van der Waals surface area contributed by atoms with Gasteiger partial charge in [-0.15, -0.1) is 0 Å². The summed E-state index contributed by atoms with van der Waals surface area (Å²) in [5, 5.41) is 0.103. The lowest BCUT2D eigenvalue weighted by Gasteiger charge is -2.25. The molecular formula is C12H17ClN2O3S2. The van der Waals surface area contributed by atoms with Crippen molar-refractivity contribution in [3.05, 3.63) is 28.8 Å². The van der Waals surface area contributed by atoms with Gasteiger partial charge < -0.3 is 10.5 Å². The summed E-state index contributed by atoms with van der Waals surface area (Å²) in [6, 6.07) is 4.38. The minimum absolute atomic E-state index is 0.0614. The first kappa shape index (κ1) is 17.3. The predicted octanol–water partition coefficient (Wildman–Crippen LogP) is 1.68. The van der Waals surface area contributed by atoms with E-state index in [0.29, 0.717) is 5.56 Å². The van der Waals surface area contributed by atoms with Gasteiger partial charge in [-0.3, -0.25) is 0 Å². The maximum atomic E-state index is 12.4. The molecule has 0 spiro atoms. The molecule has 1 aromatic rings. The minimum atomic E-state index is -3.80. The van der Waals surface area contributed by atoms with E-state index in [1.54, 1.807) is 19.9 Å². The molecule has 1 aromatic carbocycles. The number of nitrogens with one attached hydrogen (secondary N) is 1. The lowest BCUT2D eigenvalue weighted by molar-refractivity contribution is 0.141. The number of hydrogen-bond acceptors (Lipinski definition) is 4. The molecule has 0 aliphatic heterocycles. The molecule has 0 aliphatic rings. The number of rotatable bonds is 6. The highest BCUT2D eigenvalue weighted by molar-refractivity contribution is 7.89. The highest BCUT2D eigenvalue weighted by Gasteiger charge is 2.28. The molecular weight excluding hydrogens is 320 g/mol. The maximum absolute atomic E-state index is 12.4. The second kappa shape index (κ2) is 6.36. The Balaban J connectivity index is 3.22. The van der Waals surface area contributed by atoms with Crippen molar-refractivity contribution in [2.45, 2.75) is 24.3 Å². The molecule has 0 aliphatic carbocycles. The van der Waals surface area contributed by atoms with Crippen molar-refractivity contribution in [3.8, 4) is 0 Å². The van der Waals surface area contributed by atoms with E-state index >= 15 is 0 Å². The van der Waals surface area contributed by atoms with Crippen LogP contribution in [0.1, 0.15) is 19.4 Å². The molecule has 5 nitrogen and oxygen atoms in total. The van der Waals surface area contributed by atoms with E-state index in [1.165, 1.54) is 19.2 Å². The van der Waals surface area contributed by atoms with Crippen molar-refractivity contribution < 1.29 is 13.2 Å². The first-order valence-corrected chi connectivity index (χ1v) is 7.98. The van der Waals surface area contributed by atoms with Crippen LogP contribution in [0.4, 0.5) is 0 Å². The van der Waals surface area contributed by atoms with Crippen molar-refractivity contribution in [3.63, 3.8) is 0 Å². The Labute approximate surface area is 129 Å². The molecule has 20 heavy (non-hydrogen) atoms. The molecule has 0 heterocycles. The Morgan fingerprint density at radius 1 is 1.50 bits per heavy atom. The van der Waals surface area contributed by atoms with Gasteiger partial charge >= 0.3 is 0 Å². The summed E-state index contributed by atoms with van der Waals surface area (Å²) >= 11 is 10.8. The lowest BCUT2D eigenvalue weighted by Crippen LogP contribution is -2.46. The van der Waals surface area contributed by atoms with Gasteiger partial charge in [0.05, 0.1) is 17.2 Å². The van der Waals surface area contributed by atoms with Gasteiger partial charge in [-0.05, 0) is 26.0 Å². The number of hydrogen-bond donors (Lipinski definition) is 2. The third-order valence-electron chi connectivity index (χ3n) is 2.42. The van der Waals surface area contributed by atoms with E-state index in [-0.39, 0.29) is 21.5 Å². The van der Waals surface area contributed by atoms with Gasteiger partial charge in [-0.25, -0.2) is 13.1 Å². The average molecular weight is 337 g/mol. The van der Waals surface area contributed by atoms with Crippen LogP contribution in [0.5, 0.6) is 0 Å². The van der Waals surface area contributed by atoms with E-state index in [4.69, 9.17) is 34.3 Å². The van der Waals surface area contributed by atoms with Crippen molar-refractivity contribution in [2.24, 2.45) is 5.73 Å². The van der Waals surface area contributed by atoms with E-state index < -0.39 is 15.6 Å².